The van der Waals surface area contributed by atoms with Gasteiger partial charge in [-0.05, 0) is 34.5 Å². The van der Waals surface area contributed by atoms with Crippen molar-refractivity contribution < 1.29 is 4.42 Å². The lowest BCUT2D eigenvalue weighted by Gasteiger charge is -2.15. The molecule has 0 spiro atoms. The van der Waals surface area contributed by atoms with Crippen LogP contribution in [0.4, 0.5) is 0 Å². The van der Waals surface area contributed by atoms with Crippen LogP contribution in [0.3, 0.4) is 0 Å². The van der Waals surface area contributed by atoms with Gasteiger partial charge in [0.05, 0.1) is 0 Å². The molecule has 0 aromatic carbocycles. The number of hydrogen-bond donors (Lipinski definition) is 0. The minimum Gasteiger partial charge on any atom is -0.454 e. The van der Waals surface area contributed by atoms with Crippen LogP contribution in [0.25, 0.3) is 0 Å². The highest BCUT2D eigenvalue weighted by Gasteiger charge is 2.20. The van der Waals surface area contributed by atoms with Crippen LogP contribution in [0.15, 0.2) is 15.2 Å². The molecule has 1 heterocycles. The fourth-order valence-corrected chi connectivity index (χ4v) is 1.69. The van der Waals surface area contributed by atoms with Gasteiger partial charge in [0.25, 0.3) is 0 Å². The molecule has 0 aliphatic rings. The van der Waals surface area contributed by atoms with Gasteiger partial charge >= 0.3 is 0 Å². The predicted octanol–water partition coefficient (Wildman–Crippen LogP) is 3.65. The van der Waals surface area contributed by atoms with Gasteiger partial charge < -0.3 is 4.42 Å². The molecule has 0 aliphatic carbocycles. The average Bonchev–Trinajstić information content (AvgIpc) is 2.08. The summed E-state index contributed by atoms with van der Waals surface area (Å²) in [6.45, 7) is 8.50. The molecular formula is C9H13BrO. The Labute approximate surface area is 75.9 Å². The maximum Gasteiger partial charge on any atom is 0.169 e. The standard InChI is InChI=1S/C9H13BrO/c1-6-5-7(10)11-8(6)9(2,3)4/h5H,1-4H3. The summed E-state index contributed by atoms with van der Waals surface area (Å²) < 4.78 is 6.31. The van der Waals surface area contributed by atoms with E-state index < -0.39 is 0 Å². The van der Waals surface area contributed by atoms with Crippen molar-refractivity contribution in [1.29, 1.82) is 0 Å². The van der Waals surface area contributed by atoms with Crippen molar-refractivity contribution in [1.82, 2.24) is 0 Å². The molecule has 2 heteroatoms. The summed E-state index contributed by atoms with van der Waals surface area (Å²) in [7, 11) is 0. The van der Waals surface area contributed by atoms with Crippen molar-refractivity contribution in [3.05, 3.63) is 22.1 Å². The van der Waals surface area contributed by atoms with E-state index in [2.05, 4.69) is 43.6 Å². The van der Waals surface area contributed by atoms with E-state index in [0.717, 1.165) is 10.4 Å². The molecule has 0 atom stereocenters. The van der Waals surface area contributed by atoms with Crippen LogP contribution in [0, 0.1) is 6.92 Å². The lowest BCUT2D eigenvalue weighted by Crippen LogP contribution is -2.10. The summed E-state index contributed by atoms with van der Waals surface area (Å²) >= 11 is 3.31. The van der Waals surface area contributed by atoms with E-state index in [4.69, 9.17) is 4.42 Å². The van der Waals surface area contributed by atoms with E-state index in [1.54, 1.807) is 0 Å². The number of aryl methyl sites for hydroxylation is 1. The minimum atomic E-state index is 0.107. The van der Waals surface area contributed by atoms with Crippen LogP contribution in [-0.2, 0) is 5.41 Å². The first-order valence-electron chi connectivity index (χ1n) is 3.67. The molecule has 62 valence electrons. The lowest BCUT2D eigenvalue weighted by molar-refractivity contribution is 0.394. The fraction of sp³-hybridized carbons (Fsp3) is 0.556. The second kappa shape index (κ2) is 2.67. The second-order valence-corrected chi connectivity index (χ2v) is 4.59. The summed E-state index contributed by atoms with van der Waals surface area (Å²) in [4.78, 5) is 0. The molecule has 0 unspecified atom stereocenters. The van der Waals surface area contributed by atoms with E-state index in [9.17, 15) is 0 Å². The van der Waals surface area contributed by atoms with Gasteiger partial charge in [-0.25, -0.2) is 0 Å². The third kappa shape index (κ3) is 1.86. The molecule has 1 nitrogen and oxygen atoms in total. The highest BCUT2D eigenvalue weighted by Crippen LogP contribution is 2.30. The van der Waals surface area contributed by atoms with Crippen molar-refractivity contribution >= 4 is 15.9 Å². The van der Waals surface area contributed by atoms with E-state index in [1.807, 2.05) is 6.07 Å². The Balaban J connectivity index is 3.13. The van der Waals surface area contributed by atoms with Crippen molar-refractivity contribution in [3.63, 3.8) is 0 Å². The Bertz CT molecular complexity index is 255. The highest BCUT2D eigenvalue weighted by molar-refractivity contribution is 9.10. The SMILES string of the molecule is Cc1cc(Br)oc1C(C)(C)C. The van der Waals surface area contributed by atoms with E-state index >= 15 is 0 Å². The van der Waals surface area contributed by atoms with Crippen LogP contribution >= 0.6 is 15.9 Å². The van der Waals surface area contributed by atoms with Gasteiger partial charge in [-0.3, -0.25) is 0 Å². The van der Waals surface area contributed by atoms with Crippen molar-refractivity contribution in [2.24, 2.45) is 0 Å². The molecule has 0 saturated carbocycles. The molecule has 0 aliphatic heterocycles. The molecule has 0 amide bonds. The zero-order valence-electron chi connectivity index (χ0n) is 7.36. The van der Waals surface area contributed by atoms with Crippen LogP contribution in [-0.4, -0.2) is 0 Å². The minimum absolute atomic E-state index is 0.107. The Morgan fingerprint density at radius 1 is 1.36 bits per heavy atom. The van der Waals surface area contributed by atoms with Crippen molar-refractivity contribution in [2.45, 2.75) is 33.1 Å². The van der Waals surface area contributed by atoms with Crippen LogP contribution < -0.4 is 0 Å². The third-order valence-electron chi connectivity index (χ3n) is 1.57. The van der Waals surface area contributed by atoms with Crippen molar-refractivity contribution in [2.75, 3.05) is 0 Å². The summed E-state index contributed by atoms with van der Waals surface area (Å²) in [6, 6.07) is 2.00. The van der Waals surface area contributed by atoms with Gasteiger partial charge in [0.15, 0.2) is 4.67 Å². The van der Waals surface area contributed by atoms with Gasteiger partial charge in [-0.1, -0.05) is 20.8 Å². The molecule has 0 N–H and O–H groups in total. The molecular weight excluding hydrogens is 204 g/mol. The largest absolute Gasteiger partial charge is 0.454 e. The van der Waals surface area contributed by atoms with Gasteiger partial charge in [-0.15, -0.1) is 0 Å². The topological polar surface area (TPSA) is 13.1 Å². The number of hydrogen-bond acceptors (Lipinski definition) is 1. The Morgan fingerprint density at radius 3 is 2.09 bits per heavy atom. The lowest BCUT2D eigenvalue weighted by atomic mass is 9.91. The van der Waals surface area contributed by atoms with Gasteiger partial charge in [0.2, 0.25) is 0 Å². The first-order valence-corrected chi connectivity index (χ1v) is 4.47. The maximum absolute atomic E-state index is 5.50. The monoisotopic (exact) mass is 216 g/mol. The summed E-state index contributed by atoms with van der Waals surface area (Å²) in [5.74, 6) is 1.06. The molecule has 1 aromatic heterocycles. The molecule has 1 rings (SSSR count). The average molecular weight is 217 g/mol. The quantitative estimate of drug-likeness (QED) is 0.646. The highest BCUT2D eigenvalue weighted by atomic mass is 79.9. The molecule has 0 radical (unpaired) electrons. The molecule has 0 saturated heterocycles. The van der Waals surface area contributed by atoms with Gasteiger partial charge in [0, 0.05) is 5.41 Å². The molecule has 0 fully saturated rings. The van der Waals surface area contributed by atoms with E-state index in [-0.39, 0.29) is 5.41 Å². The normalized spacial score (nSPS) is 12.1. The van der Waals surface area contributed by atoms with Gasteiger partial charge in [0.1, 0.15) is 5.76 Å². The smallest absolute Gasteiger partial charge is 0.169 e. The number of rotatable bonds is 0. The summed E-state index contributed by atoms with van der Waals surface area (Å²) in [6.07, 6.45) is 0. The van der Waals surface area contributed by atoms with Crippen molar-refractivity contribution in [3.8, 4) is 0 Å². The predicted molar refractivity (Wildman–Crippen MR) is 49.8 cm³/mol. The Hall–Kier alpha value is -0.240. The molecule has 0 bridgehead atoms. The molecule has 1 aromatic rings. The van der Waals surface area contributed by atoms with Gasteiger partial charge in [-0.2, -0.15) is 0 Å². The Kier molecular flexibility index (Phi) is 2.15. The van der Waals surface area contributed by atoms with E-state index in [1.165, 1.54) is 5.56 Å². The summed E-state index contributed by atoms with van der Waals surface area (Å²) in [5.41, 5.74) is 1.32. The Morgan fingerprint density at radius 2 is 1.91 bits per heavy atom. The molecule has 11 heavy (non-hydrogen) atoms. The fourth-order valence-electron chi connectivity index (χ4n) is 1.19. The zero-order valence-corrected chi connectivity index (χ0v) is 8.95. The number of halogens is 1. The number of furan rings is 1. The van der Waals surface area contributed by atoms with Crippen LogP contribution in [0.2, 0.25) is 0 Å². The van der Waals surface area contributed by atoms with Crippen LogP contribution in [0.5, 0.6) is 0 Å². The summed E-state index contributed by atoms with van der Waals surface area (Å²) in [5, 5.41) is 0. The third-order valence-corrected chi connectivity index (χ3v) is 1.96. The van der Waals surface area contributed by atoms with E-state index in [0.29, 0.717) is 0 Å². The first-order chi connectivity index (χ1) is 4.91. The first kappa shape index (κ1) is 8.85. The second-order valence-electron chi connectivity index (χ2n) is 3.81. The van der Waals surface area contributed by atoms with Crippen LogP contribution in [0.1, 0.15) is 32.1 Å². The maximum atomic E-state index is 5.50. The zero-order chi connectivity index (χ0) is 8.65.